The maximum Gasteiger partial charge on any atom is 0.211 e. The van der Waals surface area contributed by atoms with Gasteiger partial charge < -0.3 is 0 Å². The molecule has 0 N–H and O–H groups in total. The van der Waals surface area contributed by atoms with E-state index in [0.29, 0.717) is 4.58 Å². The maximum atomic E-state index is 11.1. The van der Waals surface area contributed by atoms with Crippen LogP contribution in [0.2, 0.25) is 5.02 Å². The second-order valence-corrected chi connectivity index (χ2v) is 7.46. The fraction of sp³-hybridized carbons (Fsp3) is 0.154. The van der Waals surface area contributed by atoms with E-state index in [1.807, 2.05) is 24.3 Å². The van der Waals surface area contributed by atoms with Crippen LogP contribution in [-0.4, -0.2) is 10.9 Å². The first-order valence-corrected chi connectivity index (χ1v) is 8.43. The second-order valence-electron chi connectivity index (χ2n) is 3.53. The molecule has 1 aromatic rings. The van der Waals surface area contributed by atoms with Gasteiger partial charge in [-0.15, -0.1) is 23.5 Å². The Kier molecular flexibility index (Phi) is 5.30. The van der Waals surface area contributed by atoms with E-state index in [1.54, 1.807) is 23.5 Å². The number of halogens is 1. The molecule has 0 saturated carbocycles. The van der Waals surface area contributed by atoms with E-state index >= 15 is 0 Å². The van der Waals surface area contributed by atoms with Crippen molar-refractivity contribution in [2.24, 2.45) is 0 Å². The van der Waals surface area contributed by atoms with Crippen LogP contribution < -0.4 is 0 Å². The molecule has 0 spiro atoms. The van der Waals surface area contributed by atoms with Crippen LogP contribution in [0.4, 0.5) is 0 Å². The van der Waals surface area contributed by atoms with Gasteiger partial charge in [0.2, 0.25) is 5.12 Å². The zero-order valence-electron chi connectivity index (χ0n) is 9.47. The second kappa shape index (κ2) is 6.75. The molecule has 5 heteroatoms. The number of thioether (sulfide) groups is 3. The average molecular weight is 315 g/mol. The number of rotatable bonds is 4. The van der Waals surface area contributed by atoms with Crippen LogP contribution in [0, 0.1) is 0 Å². The summed E-state index contributed by atoms with van der Waals surface area (Å²) in [6, 6.07) is 7.91. The monoisotopic (exact) mass is 314 g/mol. The Bertz CT molecular complexity index is 482. The van der Waals surface area contributed by atoms with Crippen LogP contribution in [0.1, 0.15) is 10.1 Å². The van der Waals surface area contributed by atoms with E-state index < -0.39 is 0 Å². The van der Waals surface area contributed by atoms with Gasteiger partial charge in [-0.2, -0.15) is 0 Å². The number of carbonyl (C=O) groups is 1. The highest BCUT2D eigenvalue weighted by atomic mass is 35.5. The van der Waals surface area contributed by atoms with Gasteiger partial charge >= 0.3 is 0 Å². The lowest BCUT2D eigenvalue weighted by molar-refractivity contribution is -0.107. The zero-order chi connectivity index (χ0) is 13.0. The van der Waals surface area contributed by atoms with Gasteiger partial charge in [-0.05, 0) is 29.2 Å². The van der Waals surface area contributed by atoms with Crippen molar-refractivity contribution in [2.75, 3.05) is 5.75 Å². The largest absolute Gasteiger partial charge is 0.282 e. The highest BCUT2D eigenvalue weighted by molar-refractivity contribution is 8.23. The molecule has 0 fully saturated rings. The molecule has 1 unspecified atom stereocenters. The molecule has 1 heterocycles. The van der Waals surface area contributed by atoms with E-state index in [9.17, 15) is 4.79 Å². The Balaban J connectivity index is 1.89. The van der Waals surface area contributed by atoms with Gasteiger partial charge in [-0.3, -0.25) is 4.79 Å². The third kappa shape index (κ3) is 3.85. The first-order chi connectivity index (χ1) is 8.69. The molecular formula is C13H11ClOS3. The fourth-order valence-electron chi connectivity index (χ4n) is 1.37. The molecule has 1 atom stereocenters. The lowest BCUT2D eigenvalue weighted by Gasteiger charge is -2.09. The molecule has 0 amide bonds. The molecule has 1 aliphatic rings. The van der Waals surface area contributed by atoms with Gasteiger partial charge in [-0.25, -0.2) is 0 Å². The highest BCUT2D eigenvalue weighted by Gasteiger charge is 2.20. The third-order valence-electron chi connectivity index (χ3n) is 2.25. The topological polar surface area (TPSA) is 17.1 Å². The Hall–Kier alpha value is -0.290. The van der Waals surface area contributed by atoms with Gasteiger partial charge in [0.15, 0.2) is 0 Å². The summed E-state index contributed by atoms with van der Waals surface area (Å²) >= 11 is 10.7. The van der Waals surface area contributed by atoms with E-state index in [4.69, 9.17) is 11.6 Å². The molecule has 2 rings (SSSR count). The molecule has 0 aliphatic carbocycles. The van der Waals surface area contributed by atoms with Crippen LogP contribution in [0.15, 0.2) is 47.2 Å². The highest BCUT2D eigenvalue weighted by Crippen LogP contribution is 2.51. The summed E-state index contributed by atoms with van der Waals surface area (Å²) in [6.45, 7) is 3.46. The SMILES string of the molecule is C=CC(=O)SCC1=CSC(c2ccc(Cl)cc2)S1. The minimum atomic E-state index is 0.0245. The van der Waals surface area contributed by atoms with Gasteiger partial charge in [-0.1, -0.05) is 42.1 Å². The minimum Gasteiger partial charge on any atom is -0.282 e. The summed E-state index contributed by atoms with van der Waals surface area (Å²) in [4.78, 5) is 12.4. The summed E-state index contributed by atoms with van der Waals surface area (Å²) in [7, 11) is 0. The van der Waals surface area contributed by atoms with Crippen molar-refractivity contribution >= 4 is 52.0 Å². The van der Waals surface area contributed by atoms with Crippen molar-refractivity contribution in [3.63, 3.8) is 0 Å². The van der Waals surface area contributed by atoms with Crippen molar-refractivity contribution in [3.05, 3.63) is 57.8 Å². The van der Waals surface area contributed by atoms with E-state index in [2.05, 4.69) is 12.0 Å². The van der Waals surface area contributed by atoms with Crippen LogP contribution in [0.5, 0.6) is 0 Å². The predicted molar refractivity (Wildman–Crippen MR) is 85.1 cm³/mol. The lowest BCUT2D eigenvalue weighted by atomic mass is 10.2. The van der Waals surface area contributed by atoms with E-state index in [1.165, 1.54) is 28.3 Å². The smallest absolute Gasteiger partial charge is 0.211 e. The molecule has 94 valence electrons. The Morgan fingerprint density at radius 3 is 2.83 bits per heavy atom. The third-order valence-corrected chi connectivity index (χ3v) is 6.35. The molecule has 1 aliphatic heterocycles. The maximum absolute atomic E-state index is 11.1. The molecule has 0 radical (unpaired) electrons. The van der Waals surface area contributed by atoms with Crippen LogP contribution in [0.25, 0.3) is 0 Å². The summed E-state index contributed by atoms with van der Waals surface area (Å²) in [5.41, 5.74) is 1.25. The standard InChI is InChI=1S/C13H11ClOS3/c1-2-12(15)16-7-11-8-17-13(18-11)9-3-5-10(14)6-4-9/h2-6,8,13H,1,7H2. The molecule has 1 nitrogen and oxygen atoms in total. The van der Waals surface area contributed by atoms with Gasteiger partial charge in [0.1, 0.15) is 0 Å². The summed E-state index contributed by atoms with van der Waals surface area (Å²) in [6.07, 6.45) is 1.36. The lowest BCUT2D eigenvalue weighted by Crippen LogP contribution is -1.89. The normalized spacial score (nSPS) is 18.5. The quantitative estimate of drug-likeness (QED) is 0.718. The number of hydrogen-bond donors (Lipinski definition) is 0. The number of carbonyl (C=O) groups excluding carboxylic acids is 1. The van der Waals surface area contributed by atoms with Crippen LogP contribution in [0.3, 0.4) is 0 Å². The van der Waals surface area contributed by atoms with E-state index in [-0.39, 0.29) is 5.12 Å². The van der Waals surface area contributed by atoms with Crippen molar-refractivity contribution in [1.82, 2.24) is 0 Å². The number of hydrogen-bond acceptors (Lipinski definition) is 4. The van der Waals surface area contributed by atoms with Crippen molar-refractivity contribution in [3.8, 4) is 0 Å². The summed E-state index contributed by atoms with van der Waals surface area (Å²) in [5.74, 6) is 0.729. The number of benzene rings is 1. The average Bonchev–Trinajstić information content (AvgIpc) is 2.85. The van der Waals surface area contributed by atoms with E-state index in [0.717, 1.165) is 10.8 Å². The Labute approximate surface area is 124 Å². The predicted octanol–water partition coefficient (Wildman–Crippen LogP) is 5.11. The van der Waals surface area contributed by atoms with Gasteiger partial charge in [0, 0.05) is 15.7 Å². The summed E-state index contributed by atoms with van der Waals surface area (Å²) < 4.78 is 0.372. The molecule has 0 bridgehead atoms. The van der Waals surface area contributed by atoms with Crippen molar-refractivity contribution < 1.29 is 4.79 Å². The van der Waals surface area contributed by atoms with Crippen LogP contribution >= 0.6 is 46.9 Å². The van der Waals surface area contributed by atoms with Gasteiger partial charge in [0.05, 0.1) is 4.58 Å². The first kappa shape index (κ1) is 14.1. The Morgan fingerprint density at radius 1 is 1.44 bits per heavy atom. The van der Waals surface area contributed by atoms with Crippen molar-refractivity contribution in [2.45, 2.75) is 4.58 Å². The molecule has 0 aromatic heterocycles. The van der Waals surface area contributed by atoms with Crippen molar-refractivity contribution in [1.29, 1.82) is 0 Å². The molecule has 1 aromatic carbocycles. The van der Waals surface area contributed by atoms with Crippen LogP contribution in [-0.2, 0) is 4.79 Å². The molecular weight excluding hydrogens is 304 g/mol. The molecule has 18 heavy (non-hydrogen) atoms. The Morgan fingerprint density at radius 2 is 2.17 bits per heavy atom. The fourth-order valence-corrected chi connectivity index (χ4v) is 4.92. The minimum absolute atomic E-state index is 0.0245. The first-order valence-electron chi connectivity index (χ1n) is 5.25. The zero-order valence-corrected chi connectivity index (χ0v) is 12.7. The van der Waals surface area contributed by atoms with Gasteiger partial charge in [0.25, 0.3) is 0 Å². The summed E-state index contributed by atoms with van der Waals surface area (Å²) in [5, 5.41) is 2.91. The molecule has 0 saturated heterocycles.